The first-order valence-electron chi connectivity index (χ1n) is 12.3. The molecule has 1 aromatic heterocycles. The molecule has 2 fully saturated rings. The van der Waals surface area contributed by atoms with E-state index in [0.717, 1.165) is 0 Å². The van der Waals surface area contributed by atoms with Crippen molar-refractivity contribution in [3.8, 4) is 6.07 Å². The molecular formula is C26H30F3N5O3. The predicted octanol–water partition coefficient (Wildman–Crippen LogP) is 4.38. The van der Waals surface area contributed by atoms with Crippen molar-refractivity contribution < 1.29 is 27.5 Å². The number of hydrogen-bond donors (Lipinski definition) is 1. The molecule has 0 bridgehead atoms. The number of rotatable bonds is 3. The third-order valence-corrected chi connectivity index (χ3v) is 6.65. The molecule has 0 saturated carbocycles. The first kappa shape index (κ1) is 26.5. The molecule has 3 heterocycles. The van der Waals surface area contributed by atoms with E-state index in [2.05, 4.69) is 16.4 Å². The van der Waals surface area contributed by atoms with Crippen LogP contribution in [0.3, 0.4) is 0 Å². The number of benzene rings is 1. The molecule has 2 aliphatic rings. The van der Waals surface area contributed by atoms with Crippen molar-refractivity contribution in [2.75, 3.05) is 24.5 Å². The molecule has 198 valence electrons. The number of fused-ring (bicyclic) bond motifs is 1. The molecule has 8 nitrogen and oxygen atoms in total. The average molecular weight is 518 g/mol. The van der Waals surface area contributed by atoms with Crippen LogP contribution < -0.4 is 10.2 Å². The maximum atomic E-state index is 13.9. The summed E-state index contributed by atoms with van der Waals surface area (Å²) in [5.41, 5.74) is 0.531. The second-order valence-corrected chi connectivity index (χ2v) is 10.6. The van der Waals surface area contributed by atoms with Crippen LogP contribution in [0, 0.1) is 17.2 Å². The lowest BCUT2D eigenvalue weighted by Crippen LogP contribution is -2.57. The van der Waals surface area contributed by atoms with E-state index in [4.69, 9.17) is 4.74 Å². The lowest BCUT2D eigenvalue weighted by Gasteiger charge is -2.41. The van der Waals surface area contributed by atoms with E-state index >= 15 is 0 Å². The Labute approximate surface area is 213 Å². The minimum atomic E-state index is -4.46. The van der Waals surface area contributed by atoms with Crippen LogP contribution in [0.5, 0.6) is 0 Å². The minimum Gasteiger partial charge on any atom is -0.444 e. The van der Waals surface area contributed by atoms with Crippen molar-refractivity contribution in [3.05, 3.63) is 36.0 Å². The number of anilines is 1. The number of nitrogens with zero attached hydrogens (tertiary/aromatic N) is 4. The van der Waals surface area contributed by atoms with Crippen LogP contribution in [-0.4, -0.2) is 65.4 Å². The molecule has 2 aromatic rings. The summed E-state index contributed by atoms with van der Waals surface area (Å²) < 4.78 is 47.2. The van der Waals surface area contributed by atoms with Gasteiger partial charge in [0.2, 0.25) is 5.91 Å². The number of ether oxygens (including phenoxy) is 1. The molecule has 0 unspecified atom stereocenters. The van der Waals surface area contributed by atoms with Gasteiger partial charge in [-0.05, 0) is 64.3 Å². The van der Waals surface area contributed by atoms with Gasteiger partial charge in [-0.2, -0.15) is 18.4 Å². The number of piperidine rings is 1. The lowest BCUT2D eigenvalue weighted by molar-refractivity contribution is -0.178. The predicted molar refractivity (Wildman–Crippen MR) is 131 cm³/mol. The zero-order valence-corrected chi connectivity index (χ0v) is 21.0. The molecule has 1 N–H and O–H groups in total. The van der Waals surface area contributed by atoms with Crippen molar-refractivity contribution in [1.82, 2.24) is 15.2 Å². The standard InChI is InChI=1S/C26H30F3N5O3/c1-25(2,3)37-24(36)34-11-5-7-21(34)23(35)32-18-12-17(26(27,28)29)14-33(15-18)20-9-8-16(13-30)22-19(20)6-4-10-31-22/h4,6,8-10,17-18,21H,5,7,11-12,14-15H2,1-3H3,(H,32,35)/t17-,18+,21+/m0/s1. The van der Waals surface area contributed by atoms with Gasteiger partial charge in [-0.3, -0.25) is 14.7 Å². The van der Waals surface area contributed by atoms with E-state index in [1.165, 1.54) is 11.1 Å². The van der Waals surface area contributed by atoms with Gasteiger partial charge >= 0.3 is 12.3 Å². The number of pyridine rings is 1. The van der Waals surface area contributed by atoms with Gasteiger partial charge in [0.15, 0.2) is 0 Å². The smallest absolute Gasteiger partial charge is 0.410 e. The average Bonchev–Trinajstić information content (AvgIpc) is 3.32. The monoisotopic (exact) mass is 517 g/mol. The van der Waals surface area contributed by atoms with Crippen LogP contribution >= 0.6 is 0 Å². The van der Waals surface area contributed by atoms with E-state index < -0.39 is 41.8 Å². The molecule has 2 amide bonds. The van der Waals surface area contributed by atoms with E-state index in [9.17, 15) is 28.0 Å². The normalized spacial score (nSPS) is 22.6. The fourth-order valence-corrected chi connectivity index (χ4v) is 5.04. The Balaban J connectivity index is 1.57. The number of amides is 2. The van der Waals surface area contributed by atoms with Gasteiger partial charge in [0.05, 0.1) is 17.0 Å². The molecule has 37 heavy (non-hydrogen) atoms. The quantitative estimate of drug-likeness (QED) is 0.649. The molecule has 0 aliphatic carbocycles. The van der Waals surface area contributed by atoms with Crippen molar-refractivity contribution in [3.63, 3.8) is 0 Å². The van der Waals surface area contributed by atoms with Crippen molar-refractivity contribution in [2.24, 2.45) is 5.92 Å². The highest BCUT2D eigenvalue weighted by Gasteiger charge is 2.46. The van der Waals surface area contributed by atoms with E-state index in [0.29, 0.717) is 41.5 Å². The molecule has 11 heteroatoms. The number of nitriles is 1. The fourth-order valence-electron chi connectivity index (χ4n) is 5.04. The Hall–Kier alpha value is -3.55. The number of carbonyl (C=O) groups is 2. The zero-order valence-electron chi connectivity index (χ0n) is 21.0. The van der Waals surface area contributed by atoms with Crippen LogP contribution in [0.2, 0.25) is 0 Å². The molecule has 2 saturated heterocycles. The summed E-state index contributed by atoms with van der Waals surface area (Å²) in [4.78, 5) is 33.0. The highest BCUT2D eigenvalue weighted by atomic mass is 19.4. The van der Waals surface area contributed by atoms with Crippen molar-refractivity contribution in [1.29, 1.82) is 5.26 Å². The number of hydrogen-bond acceptors (Lipinski definition) is 6. The van der Waals surface area contributed by atoms with Crippen LogP contribution in [0.4, 0.5) is 23.7 Å². The highest BCUT2D eigenvalue weighted by molar-refractivity contribution is 5.95. The zero-order chi connectivity index (χ0) is 27.0. The second-order valence-electron chi connectivity index (χ2n) is 10.6. The molecule has 2 aliphatic heterocycles. The van der Waals surface area contributed by atoms with Gasteiger partial charge in [-0.25, -0.2) is 4.79 Å². The largest absolute Gasteiger partial charge is 0.444 e. The summed E-state index contributed by atoms with van der Waals surface area (Å²) in [6.07, 6.45) is -2.79. The Kier molecular flexibility index (Phi) is 7.22. The van der Waals surface area contributed by atoms with Crippen LogP contribution in [-0.2, 0) is 9.53 Å². The van der Waals surface area contributed by atoms with Crippen molar-refractivity contribution in [2.45, 2.75) is 63.9 Å². The minimum absolute atomic E-state index is 0.146. The number of likely N-dealkylation sites (tertiary alicyclic amines) is 1. The molecule has 3 atom stereocenters. The summed E-state index contributed by atoms with van der Waals surface area (Å²) in [6.45, 7) is 5.40. The van der Waals surface area contributed by atoms with E-state index in [1.54, 1.807) is 49.9 Å². The van der Waals surface area contributed by atoms with Crippen LogP contribution in [0.25, 0.3) is 10.9 Å². The Morgan fingerprint density at radius 3 is 2.62 bits per heavy atom. The Morgan fingerprint density at radius 1 is 1.19 bits per heavy atom. The van der Waals surface area contributed by atoms with Gasteiger partial charge in [-0.15, -0.1) is 0 Å². The summed E-state index contributed by atoms with van der Waals surface area (Å²) in [5.74, 6) is -2.15. The molecule has 1 aromatic carbocycles. The number of alkyl halides is 3. The van der Waals surface area contributed by atoms with Gasteiger partial charge in [0.1, 0.15) is 17.7 Å². The summed E-state index contributed by atoms with van der Waals surface area (Å²) in [7, 11) is 0. The summed E-state index contributed by atoms with van der Waals surface area (Å²) >= 11 is 0. The van der Waals surface area contributed by atoms with Crippen LogP contribution in [0.1, 0.15) is 45.6 Å². The number of aromatic nitrogens is 1. The third kappa shape index (κ3) is 5.89. The number of halogens is 3. The van der Waals surface area contributed by atoms with Gasteiger partial charge < -0.3 is 15.0 Å². The number of nitrogens with one attached hydrogen (secondary N) is 1. The summed E-state index contributed by atoms with van der Waals surface area (Å²) in [6, 6.07) is 7.04. The molecule has 4 rings (SSSR count). The first-order valence-corrected chi connectivity index (χ1v) is 12.3. The van der Waals surface area contributed by atoms with Gasteiger partial charge in [-0.1, -0.05) is 0 Å². The Bertz CT molecular complexity index is 1220. The molecule has 0 radical (unpaired) electrons. The second kappa shape index (κ2) is 10.1. The van der Waals surface area contributed by atoms with Crippen LogP contribution in [0.15, 0.2) is 30.5 Å². The third-order valence-electron chi connectivity index (χ3n) is 6.65. The maximum Gasteiger partial charge on any atom is 0.410 e. The Morgan fingerprint density at radius 2 is 1.95 bits per heavy atom. The first-order chi connectivity index (χ1) is 17.4. The van der Waals surface area contributed by atoms with Crippen molar-refractivity contribution >= 4 is 28.6 Å². The fraction of sp³-hybridized carbons (Fsp3) is 0.538. The topological polar surface area (TPSA) is 98.6 Å². The number of carbonyl (C=O) groups excluding carboxylic acids is 2. The molecular weight excluding hydrogens is 487 g/mol. The molecule has 0 spiro atoms. The van der Waals surface area contributed by atoms with E-state index in [1.807, 2.05) is 0 Å². The maximum absolute atomic E-state index is 13.9. The van der Waals surface area contributed by atoms with E-state index in [-0.39, 0.29) is 19.5 Å². The lowest BCUT2D eigenvalue weighted by atomic mass is 9.92. The highest BCUT2D eigenvalue weighted by Crippen LogP contribution is 2.37. The summed E-state index contributed by atoms with van der Waals surface area (Å²) in [5, 5.41) is 12.8. The SMILES string of the molecule is CC(C)(C)OC(=O)N1CCC[C@@H]1C(=O)N[C@@H]1C[C@H](C(F)(F)F)CN(c2ccc(C#N)c3ncccc23)C1. The van der Waals surface area contributed by atoms with Gasteiger partial charge in [0, 0.05) is 42.9 Å². The van der Waals surface area contributed by atoms with Gasteiger partial charge in [0.25, 0.3) is 0 Å².